The largest absolute Gasteiger partial charge is 0.352 e. The van der Waals surface area contributed by atoms with Crippen LogP contribution < -0.4 is 11.1 Å². The molecule has 8 nitrogen and oxygen atoms in total. The Kier molecular flexibility index (Phi) is 5.60. The first-order valence-corrected chi connectivity index (χ1v) is 9.11. The minimum absolute atomic E-state index is 0.188. The normalized spacial score (nSPS) is 16.1. The predicted octanol–water partition coefficient (Wildman–Crippen LogP) is -0.0497. The molecule has 1 aromatic carbocycles. The zero-order chi connectivity index (χ0) is 17.0. The number of nitrogens with zero attached hydrogens (tertiary/aromatic N) is 2. The summed E-state index contributed by atoms with van der Waals surface area (Å²) < 4.78 is 27.1. The fourth-order valence-electron chi connectivity index (χ4n) is 2.25. The molecule has 23 heavy (non-hydrogen) atoms. The molecule has 0 atom stereocenters. The Hall–Kier alpha value is -1.65. The molecule has 1 fully saturated rings. The van der Waals surface area contributed by atoms with E-state index < -0.39 is 16.1 Å². The zero-order valence-corrected chi connectivity index (χ0v) is 14.6. The van der Waals surface area contributed by atoms with Gasteiger partial charge in [0.25, 0.3) is 0 Å². The Morgan fingerprint density at radius 1 is 1.17 bits per heavy atom. The lowest BCUT2D eigenvalue weighted by molar-refractivity contribution is -0.131. The van der Waals surface area contributed by atoms with Gasteiger partial charge in [-0.05, 0) is 28.1 Å². The second-order valence-corrected chi connectivity index (χ2v) is 7.69. The highest BCUT2D eigenvalue weighted by Crippen LogP contribution is 2.25. The van der Waals surface area contributed by atoms with E-state index >= 15 is 0 Å². The number of nitrogens with two attached hydrogens (primary N) is 1. The third-order valence-corrected chi connectivity index (χ3v) is 6.37. The zero-order valence-electron chi connectivity index (χ0n) is 12.2. The number of carbonyl (C=O) groups excluding carboxylic acids is 2. The van der Waals surface area contributed by atoms with Gasteiger partial charge in [-0.1, -0.05) is 12.1 Å². The summed E-state index contributed by atoms with van der Waals surface area (Å²) in [6.45, 7) is 0.746. The number of carbonyl (C=O) groups is 2. The standard InChI is InChI=1S/C13H17BrN4O4S/c14-10-3-1-2-4-11(10)23(21,22)18-7-5-17(6-8-18)12(19)9-16-13(15)20/h1-4H,5-9H2,(H3,15,16,20). The second-order valence-electron chi connectivity index (χ2n) is 4.93. The van der Waals surface area contributed by atoms with E-state index in [9.17, 15) is 18.0 Å². The van der Waals surface area contributed by atoms with Crippen LogP contribution in [-0.2, 0) is 14.8 Å². The lowest BCUT2D eigenvalue weighted by Crippen LogP contribution is -2.52. The molecular formula is C13H17BrN4O4S. The third kappa shape index (κ3) is 4.21. The second kappa shape index (κ2) is 7.28. The van der Waals surface area contributed by atoms with Crippen LogP contribution in [0.15, 0.2) is 33.6 Å². The van der Waals surface area contributed by atoms with Crippen LogP contribution in [0.3, 0.4) is 0 Å². The molecule has 126 valence electrons. The molecule has 3 N–H and O–H groups in total. The third-order valence-electron chi connectivity index (χ3n) is 3.46. The molecule has 3 amide bonds. The lowest BCUT2D eigenvalue weighted by atomic mass is 10.3. The molecule has 1 aliphatic rings. The number of nitrogens with one attached hydrogen (secondary N) is 1. The molecular weight excluding hydrogens is 388 g/mol. The minimum atomic E-state index is -3.61. The Morgan fingerprint density at radius 3 is 2.35 bits per heavy atom. The van der Waals surface area contributed by atoms with E-state index in [-0.39, 0.29) is 43.5 Å². The Bertz CT molecular complexity index is 702. The van der Waals surface area contributed by atoms with Crippen LogP contribution >= 0.6 is 15.9 Å². The van der Waals surface area contributed by atoms with Gasteiger partial charge in [-0.3, -0.25) is 4.79 Å². The van der Waals surface area contributed by atoms with Gasteiger partial charge >= 0.3 is 6.03 Å². The maximum absolute atomic E-state index is 12.6. The average molecular weight is 405 g/mol. The molecule has 0 spiro atoms. The molecule has 0 saturated carbocycles. The van der Waals surface area contributed by atoms with Gasteiger partial charge in [0.15, 0.2) is 0 Å². The van der Waals surface area contributed by atoms with Gasteiger partial charge in [0, 0.05) is 30.7 Å². The monoisotopic (exact) mass is 404 g/mol. The van der Waals surface area contributed by atoms with Gasteiger partial charge in [0.1, 0.15) is 0 Å². The summed E-state index contributed by atoms with van der Waals surface area (Å²) in [5.74, 6) is -0.290. The van der Waals surface area contributed by atoms with Crippen molar-refractivity contribution in [2.75, 3.05) is 32.7 Å². The van der Waals surface area contributed by atoms with E-state index in [2.05, 4.69) is 21.2 Å². The first kappa shape index (κ1) is 17.7. The molecule has 1 aliphatic heterocycles. The number of halogens is 1. The number of urea groups is 1. The average Bonchev–Trinajstić information content (AvgIpc) is 2.53. The predicted molar refractivity (Wildman–Crippen MR) is 87.1 cm³/mol. The first-order chi connectivity index (χ1) is 10.8. The summed E-state index contributed by atoms with van der Waals surface area (Å²) in [4.78, 5) is 24.2. The van der Waals surface area contributed by atoms with Gasteiger partial charge in [-0.15, -0.1) is 0 Å². The van der Waals surface area contributed by atoms with E-state index in [1.807, 2.05) is 0 Å². The van der Waals surface area contributed by atoms with Crippen LogP contribution in [0.25, 0.3) is 0 Å². The summed E-state index contributed by atoms with van der Waals surface area (Å²) in [6, 6.07) is 5.84. The quantitative estimate of drug-likeness (QED) is 0.731. The maximum Gasteiger partial charge on any atom is 0.312 e. The van der Waals surface area contributed by atoms with Crippen LogP contribution in [0.4, 0.5) is 4.79 Å². The molecule has 1 heterocycles. The van der Waals surface area contributed by atoms with Crippen molar-refractivity contribution in [3.05, 3.63) is 28.7 Å². The number of piperazine rings is 1. The van der Waals surface area contributed by atoms with E-state index in [0.717, 1.165) is 0 Å². The topological polar surface area (TPSA) is 113 Å². The van der Waals surface area contributed by atoms with Gasteiger partial charge in [-0.2, -0.15) is 4.31 Å². The molecule has 0 aliphatic carbocycles. The van der Waals surface area contributed by atoms with Crippen LogP contribution in [0.1, 0.15) is 0 Å². The van der Waals surface area contributed by atoms with Crippen molar-refractivity contribution in [3.8, 4) is 0 Å². The number of hydrogen-bond acceptors (Lipinski definition) is 4. The van der Waals surface area contributed by atoms with Gasteiger partial charge in [0.05, 0.1) is 11.4 Å². The maximum atomic E-state index is 12.6. The van der Waals surface area contributed by atoms with Crippen LogP contribution in [-0.4, -0.2) is 62.3 Å². The van der Waals surface area contributed by atoms with Crippen molar-refractivity contribution in [2.24, 2.45) is 5.73 Å². The van der Waals surface area contributed by atoms with Crippen LogP contribution in [0.2, 0.25) is 0 Å². The van der Waals surface area contributed by atoms with E-state index in [1.165, 1.54) is 15.3 Å². The van der Waals surface area contributed by atoms with Crippen molar-refractivity contribution in [3.63, 3.8) is 0 Å². The molecule has 0 radical (unpaired) electrons. The molecule has 2 rings (SSSR count). The number of sulfonamides is 1. The first-order valence-electron chi connectivity index (χ1n) is 6.88. The van der Waals surface area contributed by atoms with Crippen molar-refractivity contribution in [2.45, 2.75) is 4.90 Å². The van der Waals surface area contributed by atoms with E-state index in [1.54, 1.807) is 18.2 Å². The smallest absolute Gasteiger partial charge is 0.312 e. The minimum Gasteiger partial charge on any atom is -0.352 e. The lowest BCUT2D eigenvalue weighted by Gasteiger charge is -2.34. The fraction of sp³-hybridized carbons (Fsp3) is 0.385. The molecule has 1 aromatic rings. The molecule has 0 bridgehead atoms. The highest BCUT2D eigenvalue weighted by molar-refractivity contribution is 9.10. The highest BCUT2D eigenvalue weighted by atomic mass is 79.9. The summed E-state index contributed by atoms with van der Waals surface area (Å²) >= 11 is 3.25. The number of benzene rings is 1. The Labute approximate surface area is 142 Å². The molecule has 10 heteroatoms. The number of amides is 3. The number of primary amides is 1. The summed E-state index contributed by atoms with van der Waals surface area (Å²) in [5, 5.41) is 2.23. The fourth-order valence-corrected chi connectivity index (χ4v) is 4.63. The summed E-state index contributed by atoms with van der Waals surface area (Å²) in [5.41, 5.74) is 4.92. The number of hydrogen-bond donors (Lipinski definition) is 2. The van der Waals surface area contributed by atoms with Gasteiger partial charge in [-0.25, -0.2) is 13.2 Å². The number of rotatable bonds is 4. The summed E-state index contributed by atoms with van der Waals surface area (Å²) in [6.07, 6.45) is 0. The van der Waals surface area contributed by atoms with E-state index in [0.29, 0.717) is 4.47 Å². The summed E-state index contributed by atoms with van der Waals surface area (Å²) in [7, 11) is -3.61. The molecule has 0 unspecified atom stereocenters. The molecule has 0 aromatic heterocycles. The van der Waals surface area contributed by atoms with Gasteiger partial charge in [0.2, 0.25) is 15.9 Å². The Morgan fingerprint density at radius 2 is 1.78 bits per heavy atom. The van der Waals surface area contributed by atoms with Crippen molar-refractivity contribution in [1.29, 1.82) is 0 Å². The van der Waals surface area contributed by atoms with Crippen LogP contribution in [0.5, 0.6) is 0 Å². The van der Waals surface area contributed by atoms with Crippen molar-refractivity contribution < 1.29 is 18.0 Å². The van der Waals surface area contributed by atoms with Crippen LogP contribution in [0, 0.1) is 0 Å². The van der Waals surface area contributed by atoms with Crippen molar-refractivity contribution >= 4 is 37.9 Å². The molecule has 1 saturated heterocycles. The van der Waals surface area contributed by atoms with Crippen molar-refractivity contribution in [1.82, 2.24) is 14.5 Å². The van der Waals surface area contributed by atoms with Gasteiger partial charge < -0.3 is 16.0 Å². The SMILES string of the molecule is NC(=O)NCC(=O)N1CCN(S(=O)(=O)c2ccccc2Br)CC1. The Balaban J connectivity index is 2.00. The van der Waals surface area contributed by atoms with E-state index in [4.69, 9.17) is 5.73 Å². The highest BCUT2D eigenvalue weighted by Gasteiger charge is 2.31.